The molecule has 1 atom stereocenters. The number of amides is 1. The number of anilines is 2. The van der Waals surface area contributed by atoms with Crippen LogP contribution in [0.3, 0.4) is 0 Å². The maximum Gasteiger partial charge on any atom is 0.330 e. The van der Waals surface area contributed by atoms with Crippen LogP contribution >= 0.6 is 0 Å². The van der Waals surface area contributed by atoms with Gasteiger partial charge in [-0.3, -0.25) is 24.0 Å². The molecule has 4 N–H and O–H groups in total. The van der Waals surface area contributed by atoms with Gasteiger partial charge in [0.1, 0.15) is 5.82 Å². The first-order valence-electron chi connectivity index (χ1n) is 11.2. The van der Waals surface area contributed by atoms with Crippen LogP contribution in [0.15, 0.2) is 9.59 Å². The molecule has 0 aromatic carbocycles. The molecule has 182 valence electrons. The van der Waals surface area contributed by atoms with Crippen molar-refractivity contribution in [2.75, 3.05) is 49.6 Å². The molecule has 1 saturated heterocycles. The smallest absolute Gasteiger partial charge is 0.330 e. The van der Waals surface area contributed by atoms with Crippen molar-refractivity contribution in [1.29, 1.82) is 0 Å². The molecule has 1 aromatic heterocycles. The number of aromatic nitrogens is 2. The second-order valence-corrected chi connectivity index (χ2v) is 10.2. The van der Waals surface area contributed by atoms with Crippen molar-refractivity contribution in [3.63, 3.8) is 0 Å². The van der Waals surface area contributed by atoms with Gasteiger partial charge >= 0.3 is 5.69 Å². The first kappa shape index (κ1) is 26.1. The molecule has 1 amide bonds. The quantitative estimate of drug-likeness (QED) is 0.408. The average Bonchev–Trinajstić information content (AvgIpc) is 2.71. The number of likely N-dealkylation sites (tertiary alicyclic amines) is 1. The van der Waals surface area contributed by atoms with Crippen molar-refractivity contribution < 1.29 is 13.2 Å². The number of nitrogens with zero attached hydrogens (tertiary/aromatic N) is 3. The van der Waals surface area contributed by atoms with Crippen LogP contribution in [-0.2, 0) is 21.4 Å². The number of carbonyl (C=O) groups excluding carboxylic acids is 1. The third-order valence-electron chi connectivity index (χ3n) is 5.56. The van der Waals surface area contributed by atoms with Gasteiger partial charge < -0.3 is 10.6 Å². The number of nitrogens with two attached hydrogens (primary N) is 1. The largest absolute Gasteiger partial charge is 0.383 e. The molecule has 0 unspecified atom stereocenters. The second kappa shape index (κ2) is 11.6. The molecule has 0 radical (unpaired) electrons. The molecule has 12 heteroatoms. The number of nitrogens with one attached hydrogen (secondary N) is 2. The number of sulfonamides is 1. The van der Waals surface area contributed by atoms with Crippen LogP contribution in [0, 0.1) is 5.92 Å². The van der Waals surface area contributed by atoms with E-state index in [2.05, 4.69) is 9.71 Å². The SMILES string of the molecule is CCCCN(C(=O)CN1CCC[C@H](CNS(C)(=O)=O)C1)c1c(N)n(CCC)c(=O)[nH]c1=O. The predicted octanol–water partition coefficient (Wildman–Crippen LogP) is -0.0769. The van der Waals surface area contributed by atoms with Gasteiger partial charge in [0.05, 0.1) is 12.8 Å². The highest BCUT2D eigenvalue weighted by atomic mass is 32.2. The fraction of sp³-hybridized carbons (Fsp3) is 0.750. The van der Waals surface area contributed by atoms with Gasteiger partial charge in [0.15, 0.2) is 5.69 Å². The molecule has 32 heavy (non-hydrogen) atoms. The van der Waals surface area contributed by atoms with Gasteiger partial charge in [-0.15, -0.1) is 0 Å². The number of rotatable bonds is 11. The number of hydrogen-bond donors (Lipinski definition) is 3. The second-order valence-electron chi connectivity index (χ2n) is 8.41. The van der Waals surface area contributed by atoms with Crippen LogP contribution in [0.25, 0.3) is 0 Å². The number of H-pyrrole nitrogens is 1. The van der Waals surface area contributed by atoms with Crippen LogP contribution in [0.4, 0.5) is 11.5 Å². The molecule has 0 spiro atoms. The highest BCUT2D eigenvalue weighted by Gasteiger charge is 2.28. The van der Waals surface area contributed by atoms with Gasteiger partial charge in [-0.2, -0.15) is 0 Å². The van der Waals surface area contributed by atoms with Crippen molar-refractivity contribution in [3.8, 4) is 0 Å². The van der Waals surface area contributed by atoms with E-state index in [1.165, 1.54) is 9.47 Å². The summed E-state index contributed by atoms with van der Waals surface area (Å²) in [7, 11) is -3.27. The van der Waals surface area contributed by atoms with E-state index in [9.17, 15) is 22.8 Å². The Morgan fingerprint density at radius 2 is 2.00 bits per heavy atom. The standard InChI is InChI=1S/C20H36N6O5S/c1-4-6-11-25(17-18(21)26(9-5-2)20(29)23-19(17)28)16(27)14-24-10-7-8-15(13-24)12-22-32(3,30)31/h15,22H,4-14,21H2,1-3H3,(H,23,28,29)/t15-/m1/s1. The Bertz CT molecular complexity index is 1000. The zero-order valence-electron chi connectivity index (χ0n) is 19.2. The van der Waals surface area contributed by atoms with Crippen LogP contribution < -0.4 is 26.6 Å². The maximum atomic E-state index is 13.3. The van der Waals surface area contributed by atoms with Gasteiger partial charge in [-0.1, -0.05) is 20.3 Å². The third-order valence-corrected chi connectivity index (χ3v) is 6.25. The van der Waals surface area contributed by atoms with E-state index < -0.39 is 21.3 Å². The highest BCUT2D eigenvalue weighted by Crippen LogP contribution is 2.20. The van der Waals surface area contributed by atoms with Crippen LogP contribution in [0.2, 0.25) is 0 Å². The van der Waals surface area contributed by atoms with E-state index in [-0.39, 0.29) is 29.9 Å². The summed E-state index contributed by atoms with van der Waals surface area (Å²) in [6.07, 6.45) is 5.00. The Balaban J connectivity index is 2.23. The number of hydrogen-bond acceptors (Lipinski definition) is 7. The molecule has 1 aromatic rings. The van der Waals surface area contributed by atoms with E-state index in [0.717, 1.165) is 25.5 Å². The first-order valence-corrected chi connectivity index (χ1v) is 13.1. The van der Waals surface area contributed by atoms with Crippen molar-refractivity contribution in [1.82, 2.24) is 19.2 Å². The zero-order valence-corrected chi connectivity index (χ0v) is 20.0. The van der Waals surface area contributed by atoms with Crippen LogP contribution in [0.1, 0.15) is 46.0 Å². The Morgan fingerprint density at radius 3 is 2.62 bits per heavy atom. The van der Waals surface area contributed by atoms with Gasteiger partial charge in [0.25, 0.3) is 5.56 Å². The molecular weight excluding hydrogens is 436 g/mol. The lowest BCUT2D eigenvalue weighted by atomic mass is 9.98. The lowest BCUT2D eigenvalue weighted by Gasteiger charge is -2.34. The molecule has 2 rings (SSSR count). The van der Waals surface area contributed by atoms with Gasteiger partial charge in [-0.05, 0) is 38.1 Å². The van der Waals surface area contributed by atoms with Gasteiger partial charge in [0.2, 0.25) is 15.9 Å². The summed E-state index contributed by atoms with van der Waals surface area (Å²) < 4.78 is 26.6. The minimum Gasteiger partial charge on any atom is -0.383 e. The third kappa shape index (κ3) is 7.17. The zero-order chi connectivity index (χ0) is 23.9. The van der Waals surface area contributed by atoms with Crippen LogP contribution in [-0.4, -0.2) is 67.8 Å². The fourth-order valence-electron chi connectivity index (χ4n) is 3.97. The van der Waals surface area contributed by atoms with Crippen molar-refractivity contribution in [2.45, 2.75) is 52.5 Å². The first-order chi connectivity index (χ1) is 15.1. The minimum atomic E-state index is -3.27. The molecule has 0 saturated carbocycles. The molecular formula is C20H36N6O5S. The minimum absolute atomic E-state index is 0.000994. The highest BCUT2D eigenvalue weighted by molar-refractivity contribution is 7.88. The number of aromatic amines is 1. The summed E-state index contributed by atoms with van der Waals surface area (Å²) in [5.74, 6) is -0.164. The summed E-state index contributed by atoms with van der Waals surface area (Å²) in [6, 6.07) is 0. The molecule has 1 aliphatic rings. The van der Waals surface area contributed by atoms with E-state index in [4.69, 9.17) is 5.73 Å². The van der Waals surface area contributed by atoms with Crippen LogP contribution in [0.5, 0.6) is 0 Å². The molecule has 11 nitrogen and oxygen atoms in total. The molecule has 0 aliphatic carbocycles. The van der Waals surface area contributed by atoms with E-state index in [0.29, 0.717) is 45.6 Å². The normalized spacial score (nSPS) is 17.4. The average molecular weight is 473 g/mol. The van der Waals surface area contributed by atoms with Gasteiger partial charge in [0, 0.05) is 26.2 Å². The Kier molecular flexibility index (Phi) is 9.47. The lowest BCUT2D eigenvalue weighted by molar-refractivity contribution is -0.120. The summed E-state index contributed by atoms with van der Waals surface area (Å²) >= 11 is 0. The molecule has 0 bridgehead atoms. The lowest BCUT2D eigenvalue weighted by Crippen LogP contribution is -2.48. The summed E-state index contributed by atoms with van der Waals surface area (Å²) in [6.45, 7) is 6.25. The predicted molar refractivity (Wildman–Crippen MR) is 125 cm³/mol. The van der Waals surface area contributed by atoms with E-state index >= 15 is 0 Å². The van der Waals surface area contributed by atoms with E-state index in [1.807, 2.05) is 18.7 Å². The maximum absolute atomic E-state index is 13.3. The summed E-state index contributed by atoms with van der Waals surface area (Å²) in [5, 5.41) is 0. The Labute approximate surface area is 189 Å². The molecule has 2 heterocycles. The number of nitrogen functional groups attached to an aromatic ring is 1. The fourth-order valence-corrected chi connectivity index (χ4v) is 4.51. The summed E-state index contributed by atoms with van der Waals surface area (Å²) in [5.41, 5.74) is 4.95. The topological polar surface area (TPSA) is 151 Å². The van der Waals surface area contributed by atoms with Crippen molar-refractivity contribution in [3.05, 3.63) is 20.8 Å². The van der Waals surface area contributed by atoms with Crippen molar-refractivity contribution >= 4 is 27.4 Å². The summed E-state index contributed by atoms with van der Waals surface area (Å²) in [4.78, 5) is 43.7. The number of piperidine rings is 1. The number of carbonyl (C=O) groups is 1. The van der Waals surface area contributed by atoms with Gasteiger partial charge in [-0.25, -0.2) is 17.9 Å². The molecule has 1 aliphatic heterocycles. The Morgan fingerprint density at radius 1 is 1.28 bits per heavy atom. The monoisotopic (exact) mass is 472 g/mol. The Hall–Kier alpha value is -2.18. The van der Waals surface area contributed by atoms with E-state index in [1.54, 1.807) is 0 Å². The van der Waals surface area contributed by atoms with Crippen molar-refractivity contribution in [2.24, 2.45) is 5.92 Å². The number of unbranched alkanes of at least 4 members (excludes halogenated alkanes) is 1. The molecule has 1 fully saturated rings.